The maximum absolute atomic E-state index is 12.5. The van der Waals surface area contributed by atoms with E-state index in [0.717, 1.165) is 15.4 Å². The lowest BCUT2D eigenvalue weighted by molar-refractivity contribution is -0.117. The number of halogens is 3. The van der Waals surface area contributed by atoms with Crippen LogP contribution < -0.4 is 16.4 Å². The van der Waals surface area contributed by atoms with Gasteiger partial charge < -0.3 is 21.4 Å². The number of rotatable bonds is 5. The van der Waals surface area contributed by atoms with E-state index in [4.69, 9.17) is 28.9 Å². The normalized spacial score (nSPS) is 11.3. The second-order valence-electron chi connectivity index (χ2n) is 6.82. The lowest BCUT2D eigenvalue weighted by atomic mass is 10.1. The van der Waals surface area contributed by atoms with Gasteiger partial charge in [0.25, 0.3) is 5.91 Å². The summed E-state index contributed by atoms with van der Waals surface area (Å²) in [5, 5.41) is 16.1. The second kappa shape index (κ2) is 10.0. The Morgan fingerprint density at radius 1 is 1.25 bits per heavy atom. The minimum atomic E-state index is -0.510. The molecule has 11 heteroatoms. The lowest BCUT2D eigenvalue weighted by Gasteiger charge is -2.11. The number of aliphatic imine (C=N–C) groups is 1. The molecule has 5 N–H and O–H groups in total. The van der Waals surface area contributed by atoms with Crippen LogP contribution in [0.1, 0.15) is 23.7 Å². The van der Waals surface area contributed by atoms with Crippen LogP contribution in [0.3, 0.4) is 0 Å². The third-order valence-electron chi connectivity index (χ3n) is 4.43. The van der Waals surface area contributed by atoms with Crippen molar-refractivity contribution < 1.29 is 9.59 Å². The van der Waals surface area contributed by atoms with Crippen LogP contribution in [-0.2, 0) is 22.6 Å². The van der Waals surface area contributed by atoms with Gasteiger partial charge in [-0.25, -0.2) is 0 Å². The molecule has 0 atom stereocenters. The van der Waals surface area contributed by atoms with Gasteiger partial charge in [-0.3, -0.25) is 9.59 Å². The number of guanidine groups is 1. The van der Waals surface area contributed by atoms with Gasteiger partial charge in [-0.05, 0) is 35.9 Å². The van der Waals surface area contributed by atoms with Gasteiger partial charge in [0.05, 0.1) is 22.2 Å². The zero-order chi connectivity index (χ0) is 23.4. The molecule has 0 radical (unpaired) electrons. The first kappa shape index (κ1) is 23.6. The van der Waals surface area contributed by atoms with Gasteiger partial charge in [0.1, 0.15) is 11.8 Å². The van der Waals surface area contributed by atoms with Gasteiger partial charge in [-0.15, -0.1) is 0 Å². The largest absolute Gasteiger partial charge is 0.370 e. The van der Waals surface area contributed by atoms with Gasteiger partial charge in [-0.2, -0.15) is 10.3 Å². The molecular weight excluding hydrogens is 519 g/mol. The van der Waals surface area contributed by atoms with Crippen LogP contribution in [0.25, 0.3) is 10.9 Å². The van der Waals surface area contributed by atoms with Crippen LogP contribution in [0.2, 0.25) is 10.0 Å². The number of aromatic nitrogens is 1. The van der Waals surface area contributed by atoms with Crippen LogP contribution >= 0.6 is 39.1 Å². The molecule has 0 fully saturated rings. The third kappa shape index (κ3) is 5.59. The van der Waals surface area contributed by atoms with E-state index in [0.29, 0.717) is 22.5 Å². The van der Waals surface area contributed by atoms with E-state index in [9.17, 15) is 14.9 Å². The number of hydrogen-bond acceptors (Lipinski definition) is 3. The summed E-state index contributed by atoms with van der Waals surface area (Å²) >= 11 is 15.7. The molecule has 0 bridgehead atoms. The fraction of sp³-hybridized carbons (Fsp3) is 0.143. The Balaban J connectivity index is 1.71. The molecule has 164 valence electrons. The van der Waals surface area contributed by atoms with E-state index in [1.807, 2.05) is 18.2 Å². The van der Waals surface area contributed by atoms with Gasteiger partial charge in [0.15, 0.2) is 5.96 Å². The number of aromatic amines is 1. The van der Waals surface area contributed by atoms with E-state index in [2.05, 4.69) is 42.6 Å². The molecule has 1 aromatic heterocycles. The highest BCUT2D eigenvalue weighted by Gasteiger charge is 2.15. The summed E-state index contributed by atoms with van der Waals surface area (Å²) in [5.41, 5.74) is 8.44. The monoisotopic (exact) mass is 534 g/mol. The highest BCUT2D eigenvalue weighted by Crippen LogP contribution is 2.32. The number of fused-ring (bicyclic) bond motifs is 1. The number of nitrogens with zero attached hydrogens (tertiary/aromatic N) is 2. The Hall–Kier alpha value is -3.06. The SMILES string of the molecule is CC(=O)Nc1c(Cl)cc(CN/C(N)=N/C(=O)Cc2c(C#N)[nH]c3ccc(Br)cc23)cc1Cl. The molecule has 0 unspecified atom stereocenters. The summed E-state index contributed by atoms with van der Waals surface area (Å²) in [6, 6.07) is 10.8. The van der Waals surface area contributed by atoms with E-state index < -0.39 is 5.91 Å². The smallest absolute Gasteiger partial charge is 0.253 e. The average molecular weight is 536 g/mol. The molecule has 3 rings (SSSR count). The maximum atomic E-state index is 12.5. The minimum Gasteiger partial charge on any atom is -0.370 e. The Morgan fingerprint density at radius 3 is 2.56 bits per heavy atom. The predicted octanol–water partition coefficient (Wildman–Crippen LogP) is 4.24. The summed E-state index contributed by atoms with van der Waals surface area (Å²) in [7, 11) is 0. The molecular formula is C21H17BrCl2N6O2. The number of carbonyl (C=O) groups excluding carboxylic acids is 2. The van der Waals surface area contributed by atoms with Crippen LogP contribution in [0, 0.1) is 11.3 Å². The summed E-state index contributed by atoms with van der Waals surface area (Å²) < 4.78 is 0.828. The van der Waals surface area contributed by atoms with Crippen molar-refractivity contribution in [1.82, 2.24) is 10.3 Å². The fourth-order valence-corrected chi connectivity index (χ4v) is 4.07. The number of nitrogens with one attached hydrogen (secondary N) is 3. The number of carbonyl (C=O) groups is 2. The number of nitrogens with two attached hydrogens (primary N) is 1. The first-order valence-electron chi connectivity index (χ1n) is 9.24. The minimum absolute atomic E-state index is 0.0901. The summed E-state index contributed by atoms with van der Waals surface area (Å²) in [5.74, 6) is -0.895. The van der Waals surface area contributed by atoms with Gasteiger partial charge >= 0.3 is 0 Å². The molecule has 0 saturated heterocycles. The molecule has 32 heavy (non-hydrogen) atoms. The summed E-state index contributed by atoms with van der Waals surface area (Å²) in [6.45, 7) is 1.55. The van der Waals surface area contributed by atoms with Crippen molar-refractivity contribution in [3.05, 3.63) is 61.7 Å². The zero-order valence-electron chi connectivity index (χ0n) is 16.7. The van der Waals surface area contributed by atoms with Crippen molar-refractivity contribution in [2.24, 2.45) is 10.7 Å². The van der Waals surface area contributed by atoms with Crippen molar-refractivity contribution in [3.8, 4) is 6.07 Å². The molecule has 2 amide bonds. The van der Waals surface area contributed by atoms with Crippen molar-refractivity contribution in [2.45, 2.75) is 19.9 Å². The Morgan fingerprint density at radius 2 is 1.94 bits per heavy atom. The number of hydrogen-bond donors (Lipinski definition) is 4. The van der Waals surface area contributed by atoms with Gasteiger partial charge in [-0.1, -0.05) is 39.1 Å². The van der Waals surface area contributed by atoms with Gasteiger partial charge in [0, 0.05) is 34.4 Å². The van der Waals surface area contributed by atoms with Crippen LogP contribution in [0.5, 0.6) is 0 Å². The number of H-pyrrole nitrogens is 1. The third-order valence-corrected chi connectivity index (χ3v) is 5.52. The molecule has 1 heterocycles. The highest BCUT2D eigenvalue weighted by atomic mass is 79.9. The van der Waals surface area contributed by atoms with E-state index in [-0.39, 0.29) is 34.9 Å². The van der Waals surface area contributed by atoms with Crippen LogP contribution in [-0.4, -0.2) is 22.8 Å². The summed E-state index contributed by atoms with van der Waals surface area (Å²) in [6.07, 6.45) is -0.0925. The molecule has 8 nitrogen and oxygen atoms in total. The molecule has 2 aromatic carbocycles. The highest BCUT2D eigenvalue weighted by molar-refractivity contribution is 9.10. The number of nitriles is 1. The summed E-state index contributed by atoms with van der Waals surface area (Å²) in [4.78, 5) is 30.5. The first-order valence-corrected chi connectivity index (χ1v) is 10.8. The first-order chi connectivity index (χ1) is 15.2. The number of amides is 2. The quantitative estimate of drug-likeness (QED) is 0.286. The number of anilines is 1. The predicted molar refractivity (Wildman–Crippen MR) is 129 cm³/mol. The van der Waals surface area contributed by atoms with E-state index in [1.165, 1.54) is 6.92 Å². The molecule has 3 aromatic rings. The molecule has 0 aliphatic carbocycles. The molecule has 0 spiro atoms. The van der Waals surface area contributed by atoms with Crippen molar-refractivity contribution >= 4 is 73.5 Å². The fourth-order valence-electron chi connectivity index (χ4n) is 3.08. The second-order valence-corrected chi connectivity index (χ2v) is 8.55. The zero-order valence-corrected chi connectivity index (χ0v) is 19.8. The Kier molecular flexibility index (Phi) is 7.40. The van der Waals surface area contributed by atoms with Crippen LogP contribution in [0.4, 0.5) is 5.69 Å². The van der Waals surface area contributed by atoms with E-state index in [1.54, 1.807) is 12.1 Å². The lowest BCUT2D eigenvalue weighted by Crippen LogP contribution is -2.32. The Labute approximate surface area is 201 Å². The van der Waals surface area contributed by atoms with Crippen molar-refractivity contribution in [2.75, 3.05) is 5.32 Å². The maximum Gasteiger partial charge on any atom is 0.253 e. The molecule has 0 saturated carbocycles. The van der Waals surface area contributed by atoms with Crippen molar-refractivity contribution in [3.63, 3.8) is 0 Å². The Bertz CT molecular complexity index is 1270. The van der Waals surface area contributed by atoms with Crippen molar-refractivity contribution in [1.29, 1.82) is 5.26 Å². The van der Waals surface area contributed by atoms with Crippen LogP contribution in [0.15, 0.2) is 39.8 Å². The number of benzene rings is 2. The standard InChI is InChI=1S/C21H17BrCl2N6O2/c1-10(31)28-20-15(23)4-11(5-16(20)24)9-27-21(26)30-19(32)7-14-13-6-12(22)2-3-17(13)29-18(14)8-25/h2-6,29H,7,9H2,1H3,(H,28,31)(H3,26,27,30,32). The average Bonchev–Trinajstić information content (AvgIpc) is 3.05. The molecule has 0 aliphatic heterocycles. The van der Waals surface area contributed by atoms with Gasteiger partial charge in [0.2, 0.25) is 5.91 Å². The molecule has 0 aliphatic rings. The topological polar surface area (TPSA) is 136 Å². The van der Waals surface area contributed by atoms with E-state index >= 15 is 0 Å².